The van der Waals surface area contributed by atoms with Gasteiger partial charge in [0.05, 0.1) is 0 Å². The van der Waals surface area contributed by atoms with Crippen molar-refractivity contribution in [2.75, 3.05) is 31.1 Å². The van der Waals surface area contributed by atoms with Crippen LogP contribution >= 0.6 is 0 Å². The number of ether oxygens (including phenoxy) is 1. The van der Waals surface area contributed by atoms with Gasteiger partial charge in [-0.1, -0.05) is 0 Å². The Kier molecular flexibility index (Phi) is 4.11. The van der Waals surface area contributed by atoms with Crippen molar-refractivity contribution < 1.29 is 13.9 Å². The molecule has 0 N–H and O–H groups in total. The number of nitrogens with zero attached hydrogens (tertiary/aromatic N) is 3. The molecule has 0 aliphatic carbocycles. The molecule has 1 aliphatic rings. The van der Waals surface area contributed by atoms with Gasteiger partial charge in [0.15, 0.2) is 11.6 Å². The molecule has 0 unspecified atom stereocenters. The Morgan fingerprint density at radius 3 is 2.50 bits per heavy atom. The van der Waals surface area contributed by atoms with Crippen LogP contribution in [0.3, 0.4) is 0 Å². The van der Waals surface area contributed by atoms with Crippen LogP contribution in [0.2, 0.25) is 0 Å². The van der Waals surface area contributed by atoms with Gasteiger partial charge in [0.25, 0.3) is 0 Å². The highest BCUT2D eigenvalue weighted by atomic mass is 19.1. The van der Waals surface area contributed by atoms with Gasteiger partial charge >= 0.3 is 6.09 Å². The van der Waals surface area contributed by atoms with E-state index in [0.717, 1.165) is 0 Å². The molecule has 0 aromatic carbocycles. The highest BCUT2D eigenvalue weighted by Gasteiger charge is 2.27. The number of anilines is 1. The minimum Gasteiger partial charge on any atom is -0.444 e. The van der Waals surface area contributed by atoms with Gasteiger partial charge < -0.3 is 14.5 Å². The molecule has 0 atom stereocenters. The molecule has 0 bridgehead atoms. The van der Waals surface area contributed by atoms with Crippen LogP contribution in [0.5, 0.6) is 0 Å². The first-order valence-electron chi connectivity index (χ1n) is 6.70. The summed E-state index contributed by atoms with van der Waals surface area (Å²) in [6.45, 7) is 7.62. The lowest BCUT2D eigenvalue weighted by atomic mass is 10.2. The maximum Gasteiger partial charge on any atom is 0.410 e. The number of hydrogen-bond donors (Lipinski definition) is 0. The van der Waals surface area contributed by atoms with Gasteiger partial charge in [-0.3, -0.25) is 0 Å². The van der Waals surface area contributed by atoms with Gasteiger partial charge in [-0.15, -0.1) is 0 Å². The molecule has 110 valence electrons. The molecule has 0 spiro atoms. The van der Waals surface area contributed by atoms with Crippen molar-refractivity contribution in [2.45, 2.75) is 26.4 Å². The Morgan fingerprint density at radius 1 is 1.30 bits per heavy atom. The first-order chi connectivity index (χ1) is 9.37. The average molecular weight is 281 g/mol. The fourth-order valence-corrected chi connectivity index (χ4v) is 2.04. The molecule has 1 aromatic heterocycles. The summed E-state index contributed by atoms with van der Waals surface area (Å²) >= 11 is 0. The van der Waals surface area contributed by atoms with Crippen molar-refractivity contribution in [2.24, 2.45) is 0 Å². The molecular formula is C14H20FN3O2. The quantitative estimate of drug-likeness (QED) is 0.792. The smallest absolute Gasteiger partial charge is 0.410 e. The zero-order valence-corrected chi connectivity index (χ0v) is 12.1. The second-order valence-electron chi connectivity index (χ2n) is 5.76. The molecule has 6 heteroatoms. The number of halogens is 1. The van der Waals surface area contributed by atoms with E-state index in [9.17, 15) is 9.18 Å². The molecule has 0 saturated carbocycles. The second-order valence-corrected chi connectivity index (χ2v) is 5.76. The number of carbonyl (C=O) groups excluding carboxylic acids is 1. The van der Waals surface area contributed by atoms with E-state index >= 15 is 0 Å². The first-order valence-corrected chi connectivity index (χ1v) is 6.70. The third-order valence-electron chi connectivity index (χ3n) is 2.97. The third-order valence-corrected chi connectivity index (χ3v) is 2.97. The van der Waals surface area contributed by atoms with Crippen LogP contribution in [-0.4, -0.2) is 47.8 Å². The van der Waals surface area contributed by atoms with Crippen molar-refractivity contribution in [3.63, 3.8) is 0 Å². The number of rotatable bonds is 1. The van der Waals surface area contributed by atoms with Crippen LogP contribution in [0.15, 0.2) is 18.3 Å². The number of amides is 1. The zero-order valence-electron chi connectivity index (χ0n) is 12.1. The van der Waals surface area contributed by atoms with Crippen molar-refractivity contribution in [3.05, 3.63) is 24.1 Å². The van der Waals surface area contributed by atoms with Crippen LogP contribution in [0.25, 0.3) is 0 Å². The first kappa shape index (κ1) is 14.6. The largest absolute Gasteiger partial charge is 0.444 e. The molecular weight excluding hydrogens is 261 g/mol. The third kappa shape index (κ3) is 3.59. The summed E-state index contributed by atoms with van der Waals surface area (Å²) in [6.07, 6.45) is 1.25. The highest BCUT2D eigenvalue weighted by Crippen LogP contribution is 2.18. The molecule has 1 amide bonds. The topological polar surface area (TPSA) is 45.7 Å². The highest BCUT2D eigenvalue weighted by molar-refractivity contribution is 5.68. The Hall–Kier alpha value is -1.85. The fourth-order valence-electron chi connectivity index (χ4n) is 2.04. The molecule has 1 aromatic rings. The van der Waals surface area contributed by atoms with Gasteiger partial charge in [-0.05, 0) is 32.9 Å². The summed E-state index contributed by atoms with van der Waals surface area (Å²) in [4.78, 5) is 19.5. The van der Waals surface area contributed by atoms with E-state index in [2.05, 4.69) is 4.98 Å². The predicted octanol–water partition coefficient (Wildman–Crippen LogP) is 2.28. The summed E-state index contributed by atoms with van der Waals surface area (Å²) in [5.74, 6) is 0.00885. The minimum absolute atomic E-state index is 0.321. The molecule has 20 heavy (non-hydrogen) atoms. The van der Waals surface area contributed by atoms with Crippen molar-refractivity contribution in [3.8, 4) is 0 Å². The Morgan fingerprint density at radius 2 is 1.95 bits per heavy atom. The van der Waals surface area contributed by atoms with E-state index in [-0.39, 0.29) is 11.9 Å². The monoisotopic (exact) mass is 281 g/mol. The minimum atomic E-state index is -0.499. The SMILES string of the molecule is CC(C)(C)OC(=O)N1CCN(c2ncccc2F)CC1. The summed E-state index contributed by atoms with van der Waals surface area (Å²) in [6, 6.07) is 2.96. The summed E-state index contributed by atoms with van der Waals surface area (Å²) in [5.41, 5.74) is -0.499. The van der Waals surface area contributed by atoms with Gasteiger partial charge in [0.1, 0.15) is 5.60 Å². The number of piperazine rings is 1. The van der Waals surface area contributed by atoms with Crippen molar-refractivity contribution in [1.29, 1.82) is 0 Å². The van der Waals surface area contributed by atoms with Gasteiger partial charge in [0.2, 0.25) is 0 Å². The van der Waals surface area contributed by atoms with E-state index in [4.69, 9.17) is 4.74 Å². The molecule has 0 radical (unpaired) electrons. The van der Waals surface area contributed by atoms with E-state index in [1.54, 1.807) is 17.2 Å². The number of pyridine rings is 1. The molecule has 5 nitrogen and oxygen atoms in total. The Labute approximate surface area is 118 Å². The summed E-state index contributed by atoms with van der Waals surface area (Å²) in [5, 5.41) is 0. The Bertz CT molecular complexity index is 480. The van der Waals surface area contributed by atoms with E-state index in [1.807, 2.05) is 25.7 Å². The van der Waals surface area contributed by atoms with Gasteiger partial charge in [0, 0.05) is 32.4 Å². The van der Waals surface area contributed by atoms with Gasteiger partial charge in [-0.2, -0.15) is 0 Å². The number of hydrogen-bond acceptors (Lipinski definition) is 4. The molecule has 1 fully saturated rings. The lowest BCUT2D eigenvalue weighted by Crippen LogP contribution is -2.50. The maximum atomic E-state index is 13.6. The summed E-state index contributed by atoms with van der Waals surface area (Å²) < 4.78 is 19.0. The molecule has 2 heterocycles. The second kappa shape index (κ2) is 5.64. The standard InChI is InChI=1S/C14H20FN3O2/c1-14(2,3)20-13(19)18-9-7-17(8-10-18)12-11(15)5-4-6-16-12/h4-6H,7-10H2,1-3H3. The Balaban J connectivity index is 1.93. The number of aromatic nitrogens is 1. The molecule has 1 saturated heterocycles. The predicted molar refractivity (Wildman–Crippen MR) is 74.2 cm³/mol. The van der Waals surface area contributed by atoms with Crippen LogP contribution < -0.4 is 4.90 Å². The van der Waals surface area contributed by atoms with Crippen LogP contribution in [0, 0.1) is 5.82 Å². The van der Waals surface area contributed by atoms with E-state index in [0.29, 0.717) is 32.0 Å². The van der Waals surface area contributed by atoms with E-state index in [1.165, 1.54) is 6.07 Å². The van der Waals surface area contributed by atoms with Crippen LogP contribution in [0.1, 0.15) is 20.8 Å². The molecule has 2 rings (SSSR count). The summed E-state index contributed by atoms with van der Waals surface area (Å²) in [7, 11) is 0. The maximum absolute atomic E-state index is 13.6. The fraction of sp³-hybridized carbons (Fsp3) is 0.571. The zero-order chi connectivity index (χ0) is 14.8. The lowest BCUT2D eigenvalue weighted by Gasteiger charge is -2.36. The molecule has 1 aliphatic heterocycles. The van der Waals surface area contributed by atoms with Crippen molar-refractivity contribution in [1.82, 2.24) is 9.88 Å². The van der Waals surface area contributed by atoms with Crippen LogP contribution in [0.4, 0.5) is 15.0 Å². The lowest BCUT2D eigenvalue weighted by molar-refractivity contribution is 0.0240. The van der Waals surface area contributed by atoms with Gasteiger partial charge in [-0.25, -0.2) is 14.2 Å². The van der Waals surface area contributed by atoms with Crippen molar-refractivity contribution >= 4 is 11.9 Å². The normalized spacial score (nSPS) is 16.2. The van der Waals surface area contributed by atoms with Crippen LogP contribution in [-0.2, 0) is 4.74 Å². The van der Waals surface area contributed by atoms with E-state index < -0.39 is 5.60 Å². The number of carbonyl (C=O) groups is 1. The average Bonchev–Trinajstić information content (AvgIpc) is 2.37.